The summed E-state index contributed by atoms with van der Waals surface area (Å²) >= 11 is 0. The molecule has 2 aromatic rings. The van der Waals surface area contributed by atoms with Crippen LogP contribution in [0.5, 0.6) is 0 Å². The molecule has 1 unspecified atom stereocenters. The SMILES string of the molecule is C=C(NCC1(C(C)C)NC(=O)NC1=O)c1cnn(-c2ccccc2)n1. The number of aromatic nitrogens is 3. The highest BCUT2D eigenvalue weighted by molar-refractivity contribution is 6.07. The van der Waals surface area contributed by atoms with E-state index in [2.05, 4.69) is 32.7 Å². The third-order valence-electron chi connectivity index (χ3n) is 4.32. The molecule has 0 saturated carbocycles. The van der Waals surface area contributed by atoms with E-state index in [1.54, 1.807) is 6.20 Å². The zero-order valence-corrected chi connectivity index (χ0v) is 14.1. The first-order valence-corrected chi connectivity index (χ1v) is 7.97. The van der Waals surface area contributed by atoms with Gasteiger partial charge >= 0.3 is 6.03 Å². The van der Waals surface area contributed by atoms with Crippen molar-refractivity contribution in [2.75, 3.05) is 6.54 Å². The van der Waals surface area contributed by atoms with Crippen molar-refractivity contribution < 1.29 is 9.59 Å². The number of para-hydroxylation sites is 1. The number of carbonyl (C=O) groups excluding carboxylic acids is 2. The van der Waals surface area contributed by atoms with E-state index in [-0.39, 0.29) is 18.4 Å². The Labute approximate surface area is 145 Å². The minimum absolute atomic E-state index is 0.0979. The van der Waals surface area contributed by atoms with Crippen molar-refractivity contribution in [1.82, 2.24) is 30.9 Å². The van der Waals surface area contributed by atoms with Crippen molar-refractivity contribution in [3.05, 3.63) is 48.8 Å². The summed E-state index contributed by atoms with van der Waals surface area (Å²) in [5.41, 5.74) is 0.904. The van der Waals surface area contributed by atoms with Gasteiger partial charge in [-0.15, -0.1) is 5.10 Å². The summed E-state index contributed by atoms with van der Waals surface area (Å²) in [5, 5.41) is 16.7. The van der Waals surface area contributed by atoms with Crippen molar-refractivity contribution in [2.24, 2.45) is 5.92 Å². The van der Waals surface area contributed by atoms with Crippen molar-refractivity contribution in [3.8, 4) is 5.69 Å². The molecular formula is C17H20N6O2. The monoisotopic (exact) mass is 340 g/mol. The highest BCUT2D eigenvalue weighted by Crippen LogP contribution is 2.21. The van der Waals surface area contributed by atoms with E-state index in [1.165, 1.54) is 4.80 Å². The molecule has 0 aliphatic carbocycles. The third kappa shape index (κ3) is 3.10. The van der Waals surface area contributed by atoms with Crippen LogP contribution in [0, 0.1) is 5.92 Å². The second kappa shape index (κ2) is 6.39. The molecule has 1 aliphatic rings. The first kappa shape index (κ1) is 16.7. The molecule has 1 saturated heterocycles. The summed E-state index contributed by atoms with van der Waals surface area (Å²) in [7, 11) is 0. The zero-order valence-electron chi connectivity index (χ0n) is 14.1. The van der Waals surface area contributed by atoms with E-state index >= 15 is 0 Å². The fourth-order valence-corrected chi connectivity index (χ4v) is 2.66. The number of urea groups is 1. The third-order valence-corrected chi connectivity index (χ3v) is 4.32. The number of hydrogen-bond donors (Lipinski definition) is 3. The van der Waals surface area contributed by atoms with E-state index in [0.29, 0.717) is 11.4 Å². The Balaban J connectivity index is 1.72. The van der Waals surface area contributed by atoms with Crippen LogP contribution in [-0.2, 0) is 4.79 Å². The molecule has 1 aliphatic heterocycles. The zero-order chi connectivity index (χ0) is 18.0. The Morgan fingerprint density at radius 2 is 2.04 bits per heavy atom. The summed E-state index contributed by atoms with van der Waals surface area (Å²) in [5.74, 6) is -0.444. The van der Waals surface area contributed by atoms with Gasteiger partial charge < -0.3 is 10.6 Å². The number of hydrogen-bond acceptors (Lipinski definition) is 5. The molecule has 1 aromatic carbocycles. The summed E-state index contributed by atoms with van der Waals surface area (Å²) in [4.78, 5) is 25.2. The normalized spacial score (nSPS) is 19.6. The quantitative estimate of drug-likeness (QED) is 0.683. The molecule has 3 amide bonds. The standard InChI is InChI=1S/C17H20N6O2/c1-11(2)17(15(24)20-16(25)21-17)10-18-12(3)14-9-19-23(22-14)13-7-5-4-6-8-13/h4-9,11,18H,3,10H2,1-2H3,(H2,20,21,24,25). The predicted octanol–water partition coefficient (Wildman–Crippen LogP) is 1.06. The van der Waals surface area contributed by atoms with Crippen LogP contribution in [0.1, 0.15) is 19.5 Å². The molecule has 1 atom stereocenters. The molecular weight excluding hydrogens is 320 g/mol. The molecule has 2 heterocycles. The van der Waals surface area contributed by atoms with Gasteiger partial charge in [0.2, 0.25) is 0 Å². The molecule has 25 heavy (non-hydrogen) atoms. The van der Waals surface area contributed by atoms with Gasteiger partial charge in [-0.2, -0.15) is 9.90 Å². The fourth-order valence-electron chi connectivity index (χ4n) is 2.66. The van der Waals surface area contributed by atoms with E-state index in [0.717, 1.165) is 5.69 Å². The average Bonchev–Trinajstić information content (AvgIpc) is 3.19. The van der Waals surface area contributed by atoms with Gasteiger partial charge in [0.25, 0.3) is 5.91 Å². The highest BCUT2D eigenvalue weighted by Gasteiger charge is 2.48. The smallest absolute Gasteiger partial charge is 0.322 e. The van der Waals surface area contributed by atoms with E-state index in [9.17, 15) is 9.59 Å². The number of nitrogens with zero attached hydrogens (tertiary/aromatic N) is 3. The van der Waals surface area contributed by atoms with Crippen molar-refractivity contribution in [1.29, 1.82) is 0 Å². The Hall–Kier alpha value is -3.16. The lowest BCUT2D eigenvalue weighted by Crippen LogP contribution is -2.57. The molecule has 0 spiro atoms. The maximum atomic E-state index is 12.2. The number of rotatable bonds is 6. The van der Waals surface area contributed by atoms with E-state index in [1.807, 2.05) is 44.2 Å². The van der Waals surface area contributed by atoms with Crippen molar-refractivity contribution in [3.63, 3.8) is 0 Å². The van der Waals surface area contributed by atoms with Gasteiger partial charge in [0.15, 0.2) is 0 Å². The first-order valence-electron chi connectivity index (χ1n) is 7.97. The number of benzene rings is 1. The van der Waals surface area contributed by atoms with Crippen molar-refractivity contribution >= 4 is 17.6 Å². The van der Waals surface area contributed by atoms with Gasteiger partial charge in [0.1, 0.15) is 11.2 Å². The van der Waals surface area contributed by atoms with Crippen LogP contribution in [0.4, 0.5) is 4.79 Å². The Kier molecular flexibility index (Phi) is 4.26. The predicted molar refractivity (Wildman–Crippen MR) is 92.6 cm³/mol. The second-order valence-corrected chi connectivity index (χ2v) is 6.22. The van der Waals surface area contributed by atoms with Crippen LogP contribution < -0.4 is 16.0 Å². The fraction of sp³-hybridized carbons (Fsp3) is 0.294. The van der Waals surface area contributed by atoms with E-state index in [4.69, 9.17) is 0 Å². The minimum atomic E-state index is -1.02. The molecule has 130 valence electrons. The number of carbonyl (C=O) groups is 2. The Morgan fingerprint density at radius 3 is 2.64 bits per heavy atom. The topological polar surface area (TPSA) is 101 Å². The lowest BCUT2D eigenvalue weighted by atomic mass is 9.86. The van der Waals surface area contributed by atoms with E-state index < -0.39 is 11.6 Å². The van der Waals surface area contributed by atoms with Gasteiger partial charge in [-0.25, -0.2) is 4.79 Å². The molecule has 3 rings (SSSR count). The van der Waals surface area contributed by atoms with Crippen molar-refractivity contribution in [2.45, 2.75) is 19.4 Å². The molecule has 1 fully saturated rings. The number of imide groups is 1. The van der Waals surface area contributed by atoms with Gasteiger partial charge in [0.05, 0.1) is 17.6 Å². The summed E-state index contributed by atoms with van der Waals surface area (Å²) < 4.78 is 0. The molecule has 1 aromatic heterocycles. The lowest BCUT2D eigenvalue weighted by molar-refractivity contribution is -0.125. The highest BCUT2D eigenvalue weighted by atomic mass is 16.2. The largest absolute Gasteiger partial charge is 0.381 e. The number of nitrogens with one attached hydrogen (secondary N) is 3. The first-order chi connectivity index (χ1) is 11.9. The summed E-state index contributed by atoms with van der Waals surface area (Å²) in [6.07, 6.45) is 1.59. The van der Waals surface area contributed by atoms with Crippen LogP contribution in [-0.4, -0.2) is 39.0 Å². The van der Waals surface area contributed by atoms with Crippen LogP contribution in [0.15, 0.2) is 43.1 Å². The molecule has 8 nitrogen and oxygen atoms in total. The Bertz CT molecular complexity index is 814. The minimum Gasteiger partial charge on any atom is -0.381 e. The number of amides is 3. The van der Waals surface area contributed by atoms with Crippen LogP contribution >= 0.6 is 0 Å². The van der Waals surface area contributed by atoms with Gasteiger partial charge in [-0.1, -0.05) is 38.6 Å². The van der Waals surface area contributed by atoms with Gasteiger partial charge in [-0.05, 0) is 18.1 Å². The van der Waals surface area contributed by atoms with Crippen LogP contribution in [0.2, 0.25) is 0 Å². The second-order valence-electron chi connectivity index (χ2n) is 6.22. The summed E-state index contributed by atoms with van der Waals surface area (Å²) in [6.45, 7) is 7.92. The molecule has 3 N–H and O–H groups in total. The molecule has 8 heteroatoms. The maximum Gasteiger partial charge on any atom is 0.322 e. The van der Waals surface area contributed by atoms with Crippen LogP contribution in [0.25, 0.3) is 11.4 Å². The van der Waals surface area contributed by atoms with Gasteiger partial charge in [0, 0.05) is 6.54 Å². The summed E-state index contributed by atoms with van der Waals surface area (Å²) in [6, 6.07) is 9.03. The molecule has 0 radical (unpaired) electrons. The lowest BCUT2D eigenvalue weighted by Gasteiger charge is -2.30. The molecule has 0 bridgehead atoms. The van der Waals surface area contributed by atoms with Gasteiger partial charge in [-0.3, -0.25) is 10.1 Å². The average molecular weight is 340 g/mol. The Morgan fingerprint density at radius 1 is 1.32 bits per heavy atom. The van der Waals surface area contributed by atoms with Crippen LogP contribution in [0.3, 0.4) is 0 Å². The maximum absolute atomic E-state index is 12.2.